The van der Waals surface area contributed by atoms with Crippen LogP contribution >= 0.6 is 0 Å². The monoisotopic (exact) mass is 210 g/mol. The number of hydrogen-bond donors (Lipinski definition) is 2. The molecule has 0 aliphatic rings. The lowest BCUT2D eigenvalue weighted by Gasteiger charge is -2.05. The molecule has 0 atom stereocenters. The van der Waals surface area contributed by atoms with Crippen LogP contribution in [-0.4, -0.2) is 19.1 Å². The Morgan fingerprint density at radius 2 is 2.20 bits per heavy atom. The van der Waals surface area contributed by atoms with Gasteiger partial charge in [-0.2, -0.15) is 0 Å². The average Bonchev–Trinajstić information content (AvgIpc) is 2.18. The quantitative estimate of drug-likeness (QED) is 0.780. The Morgan fingerprint density at radius 1 is 1.40 bits per heavy atom. The van der Waals surface area contributed by atoms with Gasteiger partial charge in [0.05, 0.1) is 0 Å². The van der Waals surface area contributed by atoms with E-state index in [9.17, 15) is 9.18 Å². The van der Waals surface area contributed by atoms with Crippen LogP contribution in [0.4, 0.5) is 9.18 Å². The van der Waals surface area contributed by atoms with Crippen molar-refractivity contribution in [2.75, 3.05) is 13.1 Å². The third-order valence-corrected chi connectivity index (χ3v) is 1.93. The van der Waals surface area contributed by atoms with E-state index in [0.717, 1.165) is 5.56 Å². The Bertz CT molecular complexity index is 328. The first kappa shape index (κ1) is 11.5. The normalized spacial score (nSPS) is 9.73. The van der Waals surface area contributed by atoms with Gasteiger partial charge in [0.25, 0.3) is 0 Å². The Labute approximate surface area is 88.7 Å². The molecule has 0 unspecified atom stereocenters. The summed E-state index contributed by atoms with van der Waals surface area (Å²) in [5, 5.41) is 5.30. The van der Waals surface area contributed by atoms with Crippen LogP contribution in [0.1, 0.15) is 12.5 Å². The fraction of sp³-hybridized carbons (Fsp3) is 0.364. The van der Waals surface area contributed by atoms with Gasteiger partial charge >= 0.3 is 6.03 Å². The molecule has 0 fully saturated rings. The predicted molar refractivity (Wildman–Crippen MR) is 57.2 cm³/mol. The maximum Gasteiger partial charge on any atom is 0.314 e. The molecule has 2 N–H and O–H groups in total. The number of amides is 2. The topological polar surface area (TPSA) is 41.1 Å². The number of rotatable bonds is 4. The van der Waals surface area contributed by atoms with E-state index in [1.54, 1.807) is 6.07 Å². The van der Waals surface area contributed by atoms with E-state index in [4.69, 9.17) is 0 Å². The van der Waals surface area contributed by atoms with E-state index in [1.165, 1.54) is 12.1 Å². The van der Waals surface area contributed by atoms with E-state index in [2.05, 4.69) is 10.6 Å². The zero-order valence-corrected chi connectivity index (χ0v) is 8.72. The summed E-state index contributed by atoms with van der Waals surface area (Å²) >= 11 is 0. The molecule has 15 heavy (non-hydrogen) atoms. The minimum absolute atomic E-state index is 0.186. The molecule has 0 radical (unpaired) electrons. The summed E-state index contributed by atoms with van der Waals surface area (Å²) in [6, 6.07) is 6.19. The van der Waals surface area contributed by atoms with Gasteiger partial charge in [0.15, 0.2) is 0 Å². The van der Waals surface area contributed by atoms with E-state index < -0.39 is 0 Å². The lowest BCUT2D eigenvalue weighted by atomic mass is 10.1. The number of halogens is 1. The van der Waals surface area contributed by atoms with Gasteiger partial charge in [-0.15, -0.1) is 0 Å². The first-order valence-electron chi connectivity index (χ1n) is 4.98. The first-order chi connectivity index (χ1) is 7.22. The van der Waals surface area contributed by atoms with Crippen LogP contribution in [0.25, 0.3) is 0 Å². The van der Waals surface area contributed by atoms with Crippen LogP contribution in [0.15, 0.2) is 24.3 Å². The van der Waals surface area contributed by atoms with E-state index in [0.29, 0.717) is 19.5 Å². The second-order valence-corrected chi connectivity index (χ2v) is 3.17. The number of benzene rings is 1. The standard InChI is InChI=1S/C11H15FN2O/c1-2-13-11(15)14-7-6-9-4-3-5-10(12)8-9/h3-5,8H,2,6-7H2,1H3,(H2,13,14,15). The number of carbonyl (C=O) groups is 1. The molecule has 0 bridgehead atoms. The molecular formula is C11H15FN2O. The van der Waals surface area contributed by atoms with Gasteiger partial charge in [-0.05, 0) is 31.0 Å². The fourth-order valence-corrected chi connectivity index (χ4v) is 1.24. The van der Waals surface area contributed by atoms with Gasteiger partial charge in [-0.3, -0.25) is 0 Å². The van der Waals surface area contributed by atoms with Crippen molar-refractivity contribution in [3.05, 3.63) is 35.6 Å². The van der Waals surface area contributed by atoms with Crippen molar-refractivity contribution in [2.45, 2.75) is 13.3 Å². The lowest BCUT2D eigenvalue weighted by molar-refractivity contribution is 0.241. The second-order valence-electron chi connectivity index (χ2n) is 3.17. The van der Waals surface area contributed by atoms with Crippen LogP contribution < -0.4 is 10.6 Å². The SMILES string of the molecule is CCNC(=O)NCCc1cccc(F)c1. The highest BCUT2D eigenvalue weighted by Gasteiger charge is 1.98. The molecule has 0 spiro atoms. The molecule has 0 heterocycles. The average molecular weight is 210 g/mol. The first-order valence-corrected chi connectivity index (χ1v) is 4.98. The van der Waals surface area contributed by atoms with Crippen molar-refractivity contribution in [1.29, 1.82) is 0 Å². The van der Waals surface area contributed by atoms with Crippen LogP contribution in [0.5, 0.6) is 0 Å². The minimum atomic E-state index is -0.245. The Hall–Kier alpha value is -1.58. The second kappa shape index (κ2) is 6.01. The number of hydrogen-bond acceptors (Lipinski definition) is 1. The number of urea groups is 1. The van der Waals surface area contributed by atoms with E-state index in [-0.39, 0.29) is 11.8 Å². The largest absolute Gasteiger partial charge is 0.338 e. The van der Waals surface area contributed by atoms with Crippen molar-refractivity contribution >= 4 is 6.03 Å². The molecular weight excluding hydrogens is 195 g/mol. The third kappa shape index (κ3) is 4.44. The van der Waals surface area contributed by atoms with E-state index in [1.807, 2.05) is 13.0 Å². The molecule has 0 aliphatic carbocycles. The summed E-state index contributed by atoms with van der Waals surface area (Å²) in [6.45, 7) is 2.97. The van der Waals surface area contributed by atoms with Crippen molar-refractivity contribution in [3.63, 3.8) is 0 Å². The molecule has 1 aromatic rings. The summed E-state index contributed by atoms with van der Waals surface area (Å²) in [5.74, 6) is -0.245. The van der Waals surface area contributed by atoms with Crippen molar-refractivity contribution in [2.24, 2.45) is 0 Å². The van der Waals surface area contributed by atoms with Gasteiger partial charge in [0.1, 0.15) is 5.82 Å². The summed E-state index contributed by atoms with van der Waals surface area (Å²) in [4.78, 5) is 11.0. The summed E-state index contributed by atoms with van der Waals surface area (Å²) in [7, 11) is 0. The van der Waals surface area contributed by atoms with Gasteiger partial charge in [-0.25, -0.2) is 9.18 Å². The predicted octanol–water partition coefficient (Wildman–Crippen LogP) is 1.69. The van der Waals surface area contributed by atoms with Crippen molar-refractivity contribution in [3.8, 4) is 0 Å². The zero-order chi connectivity index (χ0) is 11.1. The molecule has 0 saturated carbocycles. The van der Waals surface area contributed by atoms with Gasteiger partial charge < -0.3 is 10.6 Å². The maximum atomic E-state index is 12.8. The number of nitrogens with one attached hydrogen (secondary N) is 2. The molecule has 1 aromatic carbocycles. The van der Waals surface area contributed by atoms with Crippen LogP contribution in [0.3, 0.4) is 0 Å². The molecule has 0 aromatic heterocycles. The van der Waals surface area contributed by atoms with Crippen LogP contribution in [0.2, 0.25) is 0 Å². The molecule has 82 valence electrons. The highest BCUT2D eigenvalue weighted by molar-refractivity contribution is 5.73. The molecule has 0 saturated heterocycles. The molecule has 4 heteroatoms. The Kier molecular flexibility index (Phi) is 4.60. The third-order valence-electron chi connectivity index (χ3n) is 1.93. The maximum absolute atomic E-state index is 12.8. The highest BCUT2D eigenvalue weighted by atomic mass is 19.1. The zero-order valence-electron chi connectivity index (χ0n) is 8.72. The van der Waals surface area contributed by atoms with E-state index >= 15 is 0 Å². The molecule has 0 aliphatic heterocycles. The molecule has 1 rings (SSSR count). The van der Waals surface area contributed by atoms with Crippen LogP contribution in [0, 0.1) is 5.82 Å². The summed E-state index contributed by atoms with van der Waals surface area (Å²) in [5.41, 5.74) is 0.881. The summed E-state index contributed by atoms with van der Waals surface area (Å²) in [6.07, 6.45) is 0.634. The van der Waals surface area contributed by atoms with Gasteiger partial charge in [0.2, 0.25) is 0 Å². The molecule has 2 amide bonds. The smallest absolute Gasteiger partial charge is 0.314 e. The molecule has 3 nitrogen and oxygen atoms in total. The Balaban J connectivity index is 2.28. The van der Waals surface area contributed by atoms with Crippen molar-refractivity contribution < 1.29 is 9.18 Å². The summed E-state index contributed by atoms with van der Waals surface area (Å²) < 4.78 is 12.8. The highest BCUT2D eigenvalue weighted by Crippen LogP contribution is 2.03. The van der Waals surface area contributed by atoms with Gasteiger partial charge in [-0.1, -0.05) is 12.1 Å². The fourth-order valence-electron chi connectivity index (χ4n) is 1.24. The van der Waals surface area contributed by atoms with Gasteiger partial charge in [0, 0.05) is 13.1 Å². The Morgan fingerprint density at radius 3 is 2.87 bits per heavy atom. The lowest BCUT2D eigenvalue weighted by Crippen LogP contribution is -2.36. The minimum Gasteiger partial charge on any atom is -0.338 e. The van der Waals surface area contributed by atoms with Crippen LogP contribution in [-0.2, 0) is 6.42 Å². The van der Waals surface area contributed by atoms with Crippen molar-refractivity contribution in [1.82, 2.24) is 10.6 Å². The number of carbonyl (C=O) groups excluding carboxylic acids is 1.